The summed E-state index contributed by atoms with van der Waals surface area (Å²) in [6.45, 7) is 27.9. The minimum atomic E-state index is -0.113. The summed E-state index contributed by atoms with van der Waals surface area (Å²) in [7, 11) is 0. The smallest absolute Gasteiger partial charge is 0.127 e. The van der Waals surface area contributed by atoms with Gasteiger partial charge in [0.2, 0.25) is 0 Å². The van der Waals surface area contributed by atoms with Crippen molar-refractivity contribution in [2.45, 2.75) is 105 Å². The first-order valence-corrected chi connectivity index (χ1v) is 32.2. The van der Waals surface area contributed by atoms with Crippen LogP contribution in [0, 0.1) is 0 Å². The lowest BCUT2D eigenvalue weighted by molar-refractivity contribution is 0.591. The van der Waals surface area contributed by atoms with Gasteiger partial charge in [-0.1, -0.05) is 198 Å². The molecule has 0 aliphatic heterocycles. The van der Waals surface area contributed by atoms with E-state index in [1.807, 2.05) is 6.20 Å². The summed E-state index contributed by atoms with van der Waals surface area (Å²) in [5, 5.41) is 10.4. The third kappa shape index (κ3) is 8.41. The van der Waals surface area contributed by atoms with Crippen LogP contribution >= 0.6 is 11.3 Å². The highest BCUT2D eigenvalue weighted by Gasteiger charge is 2.38. The standard InChI is InChI=1S/C82H72N6S/c1-79(2,3)49-36-40-67-57(45-49)53-25-13-18-31-63(53)85(67)74-72(62-30-23-24-44-83-62)73(78-84-61-29-17-22-35-71(61)89-78)75(86-64-32-19-14-26-54(64)58-46-50(80(4,5)6)37-41-68(58)86)77(88-66-34-21-16-28-56(66)60-48-52(82(10,11)12)39-43-70(60)88)76(74)87-65-33-20-15-27-55(65)59-47-51(81(7,8)9)38-42-69(59)87/h13-48H,1-12H3. The van der Waals surface area contributed by atoms with Crippen molar-refractivity contribution in [2.75, 3.05) is 0 Å². The van der Waals surface area contributed by atoms with E-state index in [2.05, 4.69) is 314 Å². The monoisotopic (exact) mass is 1170 g/mol. The predicted molar refractivity (Wildman–Crippen MR) is 380 cm³/mol. The second-order valence-corrected chi connectivity index (χ2v) is 29.7. The summed E-state index contributed by atoms with van der Waals surface area (Å²) >= 11 is 1.76. The summed E-state index contributed by atoms with van der Waals surface area (Å²) in [4.78, 5) is 11.5. The van der Waals surface area contributed by atoms with Crippen LogP contribution in [-0.4, -0.2) is 28.2 Å². The third-order valence-electron chi connectivity index (χ3n) is 18.9. The number of fused-ring (bicyclic) bond motifs is 13. The van der Waals surface area contributed by atoms with E-state index in [0.717, 1.165) is 98.9 Å². The molecule has 0 N–H and O–H groups in total. The lowest BCUT2D eigenvalue weighted by atomic mass is 9.86. The van der Waals surface area contributed by atoms with Crippen molar-refractivity contribution in [1.29, 1.82) is 0 Å². The van der Waals surface area contributed by atoms with E-state index in [-0.39, 0.29) is 21.7 Å². The van der Waals surface area contributed by atoms with Gasteiger partial charge < -0.3 is 18.3 Å². The van der Waals surface area contributed by atoms with Crippen LogP contribution in [0.3, 0.4) is 0 Å². The summed E-state index contributed by atoms with van der Waals surface area (Å²) in [5.74, 6) is 0. The molecule has 6 aromatic heterocycles. The van der Waals surface area contributed by atoms with Gasteiger partial charge in [0.15, 0.2) is 0 Å². The van der Waals surface area contributed by atoms with Crippen LogP contribution in [0.25, 0.3) is 142 Å². The quantitative estimate of drug-likeness (QED) is 0.167. The molecule has 0 saturated carbocycles. The highest BCUT2D eigenvalue weighted by atomic mass is 32.1. The zero-order chi connectivity index (χ0) is 61.2. The molecule has 0 fully saturated rings. The Hall–Kier alpha value is -9.56. The van der Waals surface area contributed by atoms with Crippen molar-refractivity contribution in [2.24, 2.45) is 0 Å². The number of benzene rings is 10. The number of para-hydroxylation sites is 5. The Labute approximate surface area is 524 Å². The molecule has 0 atom stereocenters. The van der Waals surface area contributed by atoms with Crippen molar-refractivity contribution in [3.8, 4) is 44.6 Å². The van der Waals surface area contributed by atoms with Crippen LogP contribution in [0.2, 0.25) is 0 Å². The molecule has 0 aliphatic carbocycles. The largest absolute Gasteiger partial charge is 0.306 e. The molecule has 0 amide bonds. The van der Waals surface area contributed by atoms with Crippen LogP contribution < -0.4 is 0 Å². The second kappa shape index (κ2) is 19.5. The van der Waals surface area contributed by atoms with Gasteiger partial charge in [-0.2, -0.15) is 0 Å². The van der Waals surface area contributed by atoms with Crippen molar-refractivity contribution in [1.82, 2.24) is 28.2 Å². The maximum atomic E-state index is 5.89. The predicted octanol–water partition coefficient (Wildman–Crippen LogP) is 22.6. The Bertz CT molecular complexity index is 5560. The minimum absolute atomic E-state index is 0.106. The van der Waals surface area contributed by atoms with Gasteiger partial charge >= 0.3 is 0 Å². The molecule has 6 nitrogen and oxygen atoms in total. The third-order valence-corrected chi connectivity index (χ3v) is 19.9. The lowest BCUT2D eigenvalue weighted by Gasteiger charge is -2.30. The van der Waals surface area contributed by atoms with Crippen LogP contribution in [-0.2, 0) is 21.7 Å². The summed E-state index contributed by atoms with van der Waals surface area (Å²) in [5.41, 5.74) is 21.3. The SMILES string of the molecule is CC(C)(C)c1ccc2c(c1)c1ccccc1n2-c1c(-c2ccccn2)c(-c2nc3ccccc3s2)c(-n2c3ccccc3c3cc(C(C)(C)C)ccc32)c(-n2c3ccccc3c3cc(C(C)(C)C)ccc32)c1-n1c2ccccc2c2cc(C(C)(C)C)ccc21. The fourth-order valence-electron chi connectivity index (χ4n) is 14.2. The Morgan fingerprint density at radius 3 is 0.955 bits per heavy atom. The van der Waals surface area contributed by atoms with Crippen molar-refractivity contribution >= 4 is 109 Å². The van der Waals surface area contributed by atoms with E-state index in [9.17, 15) is 0 Å². The first-order chi connectivity index (χ1) is 42.7. The Morgan fingerprint density at radius 2 is 0.607 bits per heavy atom. The number of hydrogen-bond acceptors (Lipinski definition) is 3. The molecule has 16 rings (SSSR count). The molecular formula is C82H72N6S. The number of aromatic nitrogens is 6. The van der Waals surface area contributed by atoms with Gasteiger partial charge in [-0.25, -0.2) is 4.98 Å². The average molecular weight is 1170 g/mol. The molecule has 7 heteroatoms. The molecule has 10 aromatic carbocycles. The van der Waals surface area contributed by atoms with E-state index in [1.54, 1.807) is 11.3 Å². The number of hydrogen-bond donors (Lipinski definition) is 0. The van der Waals surface area contributed by atoms with E-state index in [1.165, 1.54) is 65.3 Å². The highest BCUT2D eigenvalue weighted by molar-refractivity contribution is 7.21. The molecule has 0 aliphatic rings. The maximum absolute atomic E-state index is 5.89. The van der Waals surface area contributed by atoms with E-state index >= 15 is 0 Å². The second-order valence-electron chi connectivity index (χ2n) is 28.7. The number of nitrogens with zero attached hydrogens (tertiary/aromatic N) is 6. The van der Waals surface area contributed by atoms with E-state index in [0.29, 0.717) is 0 Å². The first kappa shape index (κ1) is 54.8. The molecule has 16 aromatic rings. The van der Waals surface area contributed by atoms with E-state index < -0.39 is 0 Å². The highest BCUT2D eigenvalue weighted by Crippen LogP contribution is 2.56. The molecule has 0 radical (unpaired) electrons. The molecule has 0 spiro atoms. The van der Waals surface area contributed by atoms with Crippen molar-refractivity contribution in [3.63, 3.8) is 0 Å². The zero-order valence-electron chi connectivity index (χ0n) is 52.9. The Balaban J connectivity index is 1.29. The van der Waals surface area contributed by atoms with Crippen LogP contribution in [0.15, 0.2) is 219 Å². The molecule has 436 valence electrons. The van der Waals surface area contributed by atoms with Gasteiger partial charge in [0.25, 0.3) is 0 Å². The lowest BCUT2D eigenvalue weighted by Crippen LogP contribution is -2.17. The number of rotatable bonds is 6. The van der Waals surface area contributed by atoms with Gasteiger partial charge in [-0.15, -0.1) is 11.3 Å². The van der Waals surface area contributed by atoms with Gasteiger partial charge in [0, 0.05) is 60.4 Å². The Morgan fingerprint density at radius 1 is 0.292 bits per heavy atom. The maximum Gasteiger partial charge on any atom is 0.127 e. The molecule has 6 heterocycles. The number of thiazole rings is 1. The summed E-state index contributed by atoms with van der Waals surface area (Å²) in [6.07, 6.45) is 1.97. The average Bonchev–Trinajstić information content (AvgIpc) is 1.62. The molecular weight excluding hydrogens is 1100 g/mol. The van der Waals surface area contributed by atoms with E-state index in [4.69, 9.17) is 9.97 Å². The van der Waals surface area contributed by atoms with Gasteiger partial charge in [0.1, 0.15) is 5.01 Å². The molecule has 0 unspecified atom stereocenters. The first-order valence-electron chi connectivity index (χ1n) is 31.4. The molecule has 0 bridgehead atoms. The van der Waals surface area contributed by atoms with Crippen molar-refractivity contribution in [3.05, 3.63) is 241 Å². The van der Waals surface area contributed by atoms with Gasteiger partial charge in [-0.05, 0) is 141 Å². The fourth-order valence-corrected chi connectivity index (χ4v) is 15.2. The van der Waals surface area contributed by atoms with Crippen LogP contribution in [0.1, 0.15) is 105 Å². The number of pyridine rings is 1. The van der Waals surface area contributed by atoms with Crippen LogP contribution in [0.4, 0.5) is 0 Å². The zero-order valence-corrected chi connectivity index (χ0v) is 53.7. The van der Waals surface area contributed by atoms with Crippen molar-refractivity contribution < 1.29 is 0 Å². The summed E-state index contributed by atoms with van der Waals surface area (Å²) < 4.78 is 11.6. The topological polar surface area (TPSA) is 45.5 Å². The van der Waals surface area contributed by atoms with Gasteiger partial charge in [-0.3, -0.25) is 4.98 Å². The molecule has 0 saturated heterocycles. The minimum Gasteiger partial charge on any atom is -0.306 e. The molecule has 89 heavy (non-hydrogen) atoms. The van der Waals surface area contributed by atoms with Crippen LogP contribution in [0.5, 0.6) is 0 Å². The Kier molecular flexibility index (Phi) is 12.0. The van der Waals surface area contributed by atoms with Gasteiger partial charge in [0.05, 0.1) is 82.8 Å². The fraction of sp³-hybridized carbons (Fsp3) is 0.195. The normalized spacial score (nSPS) is 12.9. The summed E-state index contributed by atoms with van der Waals surface area (Å²) in [6, 6.07) is 80.4.